The first-order valence-corrected chi connectivity index (χ1v) is 16.0. The van der Waals surface area contributed by atoms with Crippen molar-refractivity contribution in [3.05, 3.63) is 65.2 Å². The average Bonchev–Trinajstić information content (AvgIpc) is 3.37. The van der Waals surface area contributed by atoms with Gasteiger partial charge in [-0.05, 0) is 55.3 Å². The molecule has 0 aliphatic carbocycles. The normalized spacial score (nSPS) is 11.0. The lowest BCUT2D eigenvalue weighted by Crippen LogP contribution is -2.26. The molecule has 0 unspecified atom stereocenters. The summed E-state index contributed by atoms with van der Waals surface area (Å²) in [5, 5.41) is 6.18. The van der Waals surface area contributed by atoms with Crippen LogP contribution in [0.25, 0.3) is 10.6 Å². The van der Waals surface area contributed by atoms with E-state index in [1.54, 1.807) is 24.3 Å². The highest BCUT2D eigenvalue weighted by molar-refractivity contribution is 7.12. The van der Waals surface area contributed by atoms with Gasteiger partial charge in [-0.15, -0.1) is 0 Å². The van der Waals surface area contributed by atoms with Crippen LogP contribution in [-0.4, -0.2) is 18.3 Å². The van der Waals surface area contributed by atoms with E-state index in [2.05, 4.69) is 22.2 Å². The number of thiazole rings is 1. The summed E-state index contributed by atoms with van der Waals surface area (Å²) in [6.45, 7) is 4.42. The molecule has 5 nitrogen and oxygen atoms in total. The Morgan fingerprint density at radius 3 is 2.05 bits per heavy atom. The number of aromatic nitrogens is 1. The van der Waals surface area contributed by atoms with Crippen molar-refractivity contribution in [1.82, 2.24) is 0 Å². The third-order valence-corrected chi connectivity index (χ3v) is 8.25. The van der Waals surface area contributed by atoms with Crippen LogP contribution in [0.5, 0.6) is 5.75 Å². The van der Waals surface area contributed by atoms with Gasteiger partial charge in [-0.25, -0.2) is 0 Å². The van der Waals surface area contributed by atoms with Gasteiger partial charge in [-0.3, -0.25) is 9.59 Å². The number of anilines is 1. The summed E-state index contributed by atoms with van der Waals surface area (Å²) < 4.78 is 8.05. The number of amides is 1. The minimum absolute atomic E-state index is 0.0516. The molecule has 0 atom stereocenters. The molecule has 0 spiro atoms. The van der Waals surface area contributed by atoms with Crippen LogP contribution in [0.4, 0.5) is 5.69 Å². The number of nitrogens with one attached hydrogen (secondary N) is 1. The molecule has 0 fully saturated rings. The Bertz CT molecular complexity index is 1190. The first-order valence-electron chi connectivity index (χ1n) is 15.1. The summed E-state index contributed by atoms with van der Waals surface area (Å²) in [6.07, 6.45) is 17.8. The predicted octanol–water partition coefficient (Wildman–Crippen LogP) is 8.70. The number of unbranched alkanes of at least 4 members (excludes halogenated alkanes) is 11. The molecule has 216 valence electrons. The number of hydrogen-bond donors (Lipinski definition) is 1. The number of Topliss-reactive ketones (excluding diaryl/α,β-unsaturated/α-hetero) is 1. The first-order chi connectivity index (χ1) is 19.5. The van der Waals surface area contributed by atoms with Gasteiger partial charge in [0, 0.05) is 5.69 Å². The summed E-state index contributed by atoms with van der Waals surface area (Å²) in [4.78, 5) is 25.0. The summed E-state index contributed by atoms with van der Waals surface area (Å²) in [5.41, 5.74) is 3.20. The smallest absolute Gasteiger partial charge is 0.268 e. The van der Waals surface area contributed by atoms with Gasteiger partial charge < -0.3 is 10.1 Å². The topological polar surface area (TPSA) is 59.3 Å². The van der Waals surface area contributed by atoms with Crippen molar-refractivity contribution < 1.29 is 18.9 Å². The van der Waals surface area contributed by atoms with E-state index in [-0.39, 0.29) is 18.1 Å². The summed E-state index contributed by atoms with van der Waals surface area (Å²) >= 11 is 1.68. The molecular formula is C34H47N2O3S+. The van der Waals surface area contributed by atoms with Crippen LogP contribution in [0, 0.1) is 0 Å². The van der Waals surface area contributed by atoms with E-state index in [9.17, 15) is 9.59 Å². The number of aryl methyl sites for hydroxylation is 1. The highest BCUT2D eigenvalue weighted by Gasteiger charge is 2.14. The number of rotatable bonds is 19. The molecule has 0 saturated carbocycles. The summed E-state index contributed by atoms with van der Waals surface area (Å²) in [6, 6.07) is 13.4. The zero-order chi connectivity index (χ0) is 28.6. The van der Waals surface area contributed by atoms with Crippen molar-refractivity contribution >= 4 is 28.7 Å². The molecule has 3 rings (SSSR count). The minimum Gasteiger partial charge on any atom is -0.493 e. The van der Waals surface area contributed by atoms with Gasteiger partial charge in [-0.1, -0.05) is 95.0 Å². The van der Waals surface area contributed by atoms with E-state index in [1.165, 1.54) is 64.2 Å². The van der Waals surface area contributed by atoms with Crippen LogP contribution >= 0.6 is 11.3 Å². The third kappa shape index (κ3) is 10.9. The molecule has 0 aliphatic rings. The molecule has 0 bridgehead atoms. The molecule has 1 N–H and O–H groups in total. The molecule has 0 aliphatic heterocycles. The fourth-order valence-electron chi connectivity index (χ4n) is 4.91. The Balaban J connectivity index is 1.37. The van der Waals surface area contributed by atoms with Crippen LogP contribution in [-0.2, 0) is 18.3 Å². The Morgan fingerprint density at radius 2 is 1.48 bits per heavy atom. The maximum absolute atomic E-state index is 12.7. The second kappa shape index (κ2) is 17.6. The van der Waals surface area contributed by atoms with E-state index in [1.807, 2.05) is 49.6 Å². The first kappa shape index (κ1) is 31.5. The highest BCUT2D eigenvalue weighted by Crippen LogP contribution is 2.24. The van der Waals surface area contributed by atoms with Gasteiger partial charge in [0.25, 0.3) is 5.01 Å². The van der Waals surface area contributed by atoms with E-state index < -0.39 is 0 Å². The second-order valence-corrected chi connectivity index (χ2v) is 11.6. The quantitative estimate of drug-likeness (QED) is 0.0901. The molecule has 1 aromatic heterocycles. The van der Waals surface area contributed by atoms with Gasteiger partial charge >= 0.3 is 0 Å². The molecule has 6 heteroatoms. The van der Waals surface area contributed by atoms with Crippen LogP contribution < -0.4 is 14.6 Å². The Labute approximate surface area is 245 Å². The molecule has 3 aromatic rings. The average molecular weight is 564 g/mol. The lowest BCUT2D eigenvalue weighted by Gasteiger charge is -2.12. The van der Waals surface area contributed by atoms with E-state index in [0.717, 1.165) is 34.7 Å². The Morgan fingerprint density at radius 1 is 0.850 bits per heavy atom. The second-order valence-electron chi connectivity index (χ2n) is 10.7. The zero-order valence-corrected chi connectivity index (χ0v) is 25.5. The van der Waals surface area contributed by atoms with Gasteiger partial charge in [0.15, 0.2) is 12.0 Å². The number of hydrogen-bond acceptors (Lipinski definition) is 4. The molecule has 40 heavy (non-hydrogen) atoms. The number of benzene rings is 2. The van der Waals surface area contributed by atoms with Crippen molar-refractivity contribution in [2.75, 3.05) is 11.9 Å². The summed E-state index contributed by atoms with van der Waals surface area (Å²) in [7, 11) is 2.02. The van der Waals surface area contributed by atoms with Crippen molar-refractivity contribution in [3.63, 3.8) is 0 Å². The molecular weight excluding hydrogens is 516 g/mol. The standard InChI is InChI=1S/C34H46N2O3S/c1-4-5-6-7-8-9-10-11-12-13-14-15-23-39-32-21-16-28(25-31(32)27(2)37)26-33(38)35-30-19-17-29(18-20-30)34-36(3)22-24-40-34/h16-22,24-25H,4-15,23,26H2,1-3H3/p+1. The van der Waals surface area contributed by atoms with Gasteiger partial charge in [-0.2, -0.15) is 4.57 Å². The number of nitrogens with zero attached hydrogens (tertiary/aromatic N) is 1. The molecule has 2 aromatic carbocycles. The predicted molar refractivity (Wildman–Crippen MR) is 166 cm³/mol. The van der Waals surface area contributed by atoms with Crippen LogP contribution in [0.2, 0.25) is 0 Å². The SMILES string of the molecule is CCCCCCCCCCCCCCOc1ccc(CC(=O)Nc2ccc(-c3scc[n+]3C)cc2)cc1C(C)=O. The number of ether oxygens (including phenoxy) is 1. The van der Waals surface area contributed by atoms with Crippen LogP contribution in [0.1, 0.15) is 107 Å². The fourth-order valence-corrected chi connectivity index (χ4v) is 5.78. The lowest BCUT2D eigenvalue weighted by molar-refractivity contribution is -0.655. The van der Waals surface area contributed by atoms with Crippen molar-refractivity contribution in [3.8, 4) is 16.3 Å². The maximum atomic E-state index is 12.7. The minimum atomic E-state index is -0.117. The van der Waals surface area contributed by atoms with Crippen molar-refractivity contribution in [1.29, 1.82) is 0 Å². The zero-order valence-electron chi connectivity index (χ0n) is 24.7. The Hall–Kier alpha value is -2.99. The Kier molecular flexibility index (Phi) is 13.9. The molecule has 1 heterocycles. The van der Waals surface area contributed by atoms with E-state index >= 15 is 0 Å². The van der Waals surface area contributed by atoms with Gasteiger partial charge in [0.1, 0.15) is 12.8 Å². The summed E-state index contributed by atoms with van der Waals surface area (Å²) in [5.74, 6) is 0.440. The number of carbonyl (C=O) groups excluding carboxylic acids is 2. The maximum Gasteiger partial charge on any atom is 0.268 e. The third-order valence-electron chi connectivity index (χ3n) is 7.24. The number of carbonyl (C=O) groups is 2. The van der Waals surface area contributed by atoms with Crippen LogP contribution in [0.3, 0.4) is 0 Å². The lowest BCUT2D eigenvalue weighted by atomic mass is 10.0. The molecule has 0 radical (unpaired) electrons. The molecule has 1 amide bonds. The molecule has 0 saturated heterocycles. The van der Waals surface area contributed by atoms with E-state index in [4.69, 9.17) is 4.74 Å². The number of ketones is 1. The largest absolute Gasteiger partial charge is 0.493 e. The van der Waals surface area contributed by atoms with Crippen molar-refractivity contribution in [2.45, 2.75) is 97.3 Å². The fraction of sp³-hybridized carbons (Fsp3) is 0.500. The van der Waals surface area contributed by atoms with Gasteiger partial charge in [0.05, 0.1) is 29.5 Å². The monoisotopic (exact) mass is 563 g/mol. The van der Waals surface area contributed by atoms with Gasteiger partial charge in [0.2, 0.25) is 5.91 Å². The van der Waals surface area contributed by atoms with Crippen LogP contribution in [0.15, 0.2) is 54.0 Å². The van der Waals surface area contributed by atoms with E-state index in [0.29, 0.717) is 17.9 Å². The van der Waals surface area contributed by atoms with Crippen molar-refractivity contribution in [2.24, 2.45) is 7.05 Å². The highest BCUT2D eigenvalue weighted by atomic mass is 32.1.